The molecule has 0 aliphatic carbocycles. The van der Waals surface area contributed by atoms with Gasteiger partial charge in [-0.05, 0) is 42.8 Å². The molecule has 0 bridgehead atoms. The van der Waals surface area contributed by atoms with Crippen molar-refractivity contribution in [2.75, 3.05) is 0 Å². The molecule has 0 saturated heterocycles. The van der Waals surface area contributed by atoms with Crippen molar-refractivity contribution in [2.24, 2.45) is 0 Å². The smallest absolute Gasteiger partial charge is 0.120 e. The van der Waals surface area contributed by atoms with Gasteiger partial charge in [-0.25, -0.2) is 0 Å². The topological polar surface area (TPSA) is 32.3 Å². The van der Waals surface area contributed by atoms with Crippen LogP contribution in [0.3, 0.4) is 0 Å². The third-order valence-corrected chi connectivity index (χ3v) is 3.72. The van der Waals surface area contributed by atoms with Gasteiger partial charge in [-0.1, -0.05) is 39.7 Å². The van der Waals surface area contributed by atoms with Crippen LogP contribution in [0.4, 0.5) is 0 Å². The maximum Gasteiger partial charge on any atom is 0.120 e. The van der Waals surface area contributed by atoms with Crippen LogP contribution in [0.1, 0.15) is 24.1 Å². The normalized spacial score (nSPS) is 12.4. The first-order valence-corrected chi connectivity index (χ1v) is 7.19. The maximum atomic E-state index is 9.76. The first kappa shape index (κ1) is 14.4. The maximum absolute atomic E-state index is 9.76. The SMILES string of the molecule is C[C@H](NCc1cc(Cl)ccc1O)c1cccc(Br)c1. The molecule has 0 unspecified atom stereocenters. The summed E-state index contributed by atoms with van der Waals surface area (Å²) in [5.41, 5.74) is 1.99. The lowest BCUT2D eigenvalue weighted by Gasteiger charge is -2.15. The first-order chi connectivity index (χ1) is 9.06. The van der Waals surface area contributed by atoms with Gasteiger partial charge < -0.3 is 10.4 Å². The fraction of sp³-hybridized carbons (Fsp3) is 0.200. The van der Waals surface area contributed by atoms with Gasteiger partial charge in [-0.2, -0.15) is 0 Å². The molecule has 19 heavy (non-hydrogen) atoms. The summed E-state index contributed by atoms with van der Waals surface area (Å²) in [6.07, 6.45) is 0. The third kappa shape index (κ3) is 3.96. The highest BCUT2D eigenvalue weighted by atomic mass is 79.9. The predicted octanol–water partition coefficient (Wildman–Crippen LogP) is 4.66. The van der Waals surface area contributed by atoms with E-state index in [9.17, 15) is 5.11 Å². The molecule has 2 aromatic rings. The van der Waals surface area contributed by atoms with Gasteiger partial charge in [-0.3, -0.25) is 0 Å². The Kier molecular flexibility index (Phi) is 4.86. The molecule has 0 aliphatic rings. The number of nitrogens with one attached hydrogen (secondary N) is 1. The highest BCUT2D eigenvalue weighted by Gasteiger charge is 2.07. The number of halogens is 2. The average molecular weight is 341 g/mol. The van der Waals surface area contributed by atoms with E-state index in [0.29, 0.717) is 11.6 Å². The van der Waals surface area contributed by atoms with Crippen molar-refractivity contribution in [2.45, 2.75) is 19.5 Å². The van der Waals surface area contributed by atoms with Crippen molar-refractivity contribution in [1.82, 2.24) is 5.32 Å². The highest BCUT2D eigenvalue weighted by Crippen LogP contribution is 2.23. The van der Waals surface area contributed by atoms with Crippen LogP contribution < -0.4 is 5.32 Å². The zero-order valence-electron chi connectivity index (χ0n) is 10.5. The summed E-state index contributed by atoms with van der Waals surface area (Å²) in [6, 6.07) is 13.4. The van der Waals surface area contributed by atoms with Crippen LogP contribution in [0.2, 0.25) is 5.02 Å². The first-order valence-electron chi connectivity index (χ1n) is 6.02. The Morgan fingerprint density at radius 1 is 1.26 bits per heavy atom. The Bertz CT molecular complexity index is 574. The largest absolute Gasteiger partial charge is 0.508 e. The minimum Gasteiger partial charge on any atom is -0.508 e. The van der Waals surface area contributed by atoms with Crippen molar-refractivity contribution < 1.29 is 5.11 Å². The van der Waals surface area contributed by atoms with Crippen molar-refractivity contribution in [3.63, 3.8) is 0 Å². The zero-order chi connectivity index (χ0) is 13.8. The standard InChI is InChI=1S/C15H15BrClNO/c1-10(11-3-2-4-13(16)7-11)18-9-12-8-14(17)5-6-15(12)19/h2-8,10,18-19H,9H2,1H3/t10-/m0/s1. The Hall–Kier alpha value is -1.03. The minimum atomic E-state index is 0.191. The van der Waals surface area contributed by atoms with E-state index in [4.69, 9.17) is 11.6 Å². The van der Waals surface area contributed by atoms with Gasteiger partial charge in [0.2, 0.25) is 0 Å². The number of rotatable bonds is 4. The van der Waals surface area contributed by atoms with Crippen LogP contribution in [0.25, 0.3) is 0 Å². The van der Waals surface area contributed by atoms with E-state index in [0.717, 1.165) is 10.0 Å². The molecule has 2 nitrogen and oxygen atoms in total. The third-order valence-electron chi connectivity index (χ3n) is 2.99. The Morgan fingerprint density at radius 3 is 2.79 bits per heavy atom. The summed E-state index contributed by atoms with van der Waals surface area (Å²) in [7, 11) is 0. The van der Waals surface area contributed by atoms with E-state index in [1.807, 2.05) is 12.1 Å². The van der Waals surface area contributed by atoms with E-state index in [1.165, 1.54) is 5.56 Å². The van der Waals surface area contributed by atoms with E-state index >= 15 is 0 Å². The van der Waals surface area contributed by atoms with Crippen molar-refractivity contribution in [1.29, 1.82) is 0 Å². The zero-order valence-corrected chi connectivity index (χ0v) is 12.9. The predicted molar refractivity (Wildman–Crippen MR) is 82.5 cm³/mol. The number of hydrogen-bond acceptors (Lipinski definition) is 2. The van der Waals surface area contributed by atoms with E-state index in [-0.39, 0.29) is 11.8 Å². The Balaban J connectivity index is 2.04. The number of benzene rings is 2. The van der Waals surface area contributed by atoms with Gasteiger partial charge in [0, 0.05) is 27.6 Å². The van der Waals surface area contributed by atoms with Crippen molar-refractivity contribution in [3.05, 3.63) is 63.1 Å². The Labute approximate surface area is 126 Å². The fourth-order valence-corrected chi connectivity index (χ4v) is 2.46. The molecule has 0 aliphatic heterocycles. The van der Waals surface area contributed by atoms with Crippen molar-refractivity contribution >= 4 is 27.5 Å². The fourth-order valence-electron chi connectivity index (χ4n) is 1.85. The van der Waals surface area contributed by atoms with Crippen LogP contribution in [0.15, 0.2) is 46.9 Å². The molecule has 2 N–H and O–H groups in total. The molecule has 2 aromatic carbocycles. The van der Waals surface area contributed by atoms with Gasteiger partial charge in [-0.15, -0.1) is 0 Å². The summed E-state index contributed by atoms with van der Waals surface area (Å²) in [4.78, 5) is 0. The average Bonchev–Trinajstić information content (AvgIpc) is 2.39. The summed E-state index contributed by atoms with van der Waals surface area (Å²) >= 11 is 9.39. The molecule has 0 radical (unpaired) electrons. The van der Waals surface area contributed by atoms with Crippen molar-refractivity contribution in [3.8, 4) is 5.75 Å². The quantitative estimate of drug-likeness (QED) is 0.848. The lowest BCUT2D eigenvalue weighted by Crippen LogP contribution is -2.18. The number of phenolic OH excluding ortho intramolecular Hbond substituents is 1. The van der Waals surface area contributed by atoms with Gasteiger partial charge >= 0.3 is 0 Å². The van der Waals surface area contributed by atoms with Crippen LogP contribution in [0.5, 0.6) is 5.75 Å². The molecule has 0 spiro atoms. The summed E-state index contributed by atoms with van der Waals surface area (Å²) in [6.45, 7) is 2.66. The van der Waals surface area contributed by atoms with Gasteiger partial charge in [0.15, 0.2) is 0 Å². The van der Waals surface area contributed by atoms with Gasteiger partial charge in [0.25, 0.3) is 0 Å². The lowest BCUT2D eigenvalue weighted by atomic mass is 10.1. The van der Waals surface area contributed by atoms with Crippen LogP contribution in [-0.2, 0) is 6.54 Å². The monoisotopic (exact) mass is 339 g/mol. The second-order valence-electron chi connectivity index (χ2n) is 4.43. The second kappa shape index (κ2) is 6.42. The molecule has 0 saturated carbocycles. The molecule has 100 valence electrons. The molecule has 2 rings (SSSR count). The summed E-state index contributed by atoms with van der Waals surface area (Å²) < 4.78 is 1.06. The molecule has 4 heteroatoms. The second-order valence-corrected chi connectivity index (χ2v) is 5.78. The molecule has 0 heterocycles. The van der Waals surface area contributed by atoms with E-state index in [1.54, 1.807) is 18.2 Å². The molecule has 1 atom stereocenters. The molecule has 0 amide bonds. The molecular weight excluding hydrogens is 326 g/mol. The summed E-state index contributed by atoms with van der Waals surface area (Å²) in [5, 5.41) is 13.8. The molecule has 0 aromatic heterocycles. The Morgan fingerprint density at radius 2 is 2.05 bits per heavy atom. The van der Waals surface area contributed by atoms with Gasteiger partial charge in [0.05, 0.1) is 0 Å². The lowest BCUT2D eigenvalue weighted by molar-refractivity contribution is 0.460. The summed E-state index contributed by atoms with van der Waals surface area (Å²) in [5.74, 6) is 0.262. The van der Waals surface area contributed by atoms with Crippen LogP contribution in [-0.4, -0.2) is 5.11 Å². The number of aromatic hydroxyl groups is 1. The minimum absolute atomic E-state index is 0.191. The van der Waals surface area contributed by atoms with Gasteiger partial charge in [0.1, 0.15) is 5.75 Å². The van der Waals surface area contributed by atoms with E-state index in [2.05, 4.69) is 40.3 Å². The highest BCUT2D eigenvalue weighted by molar-refractivity contribution is 9.10. The van der Waals surface area contributed by atoms with E-state index < -0.39 is 0 Å². The number of phenols is 1. The number of hydrogen-bond donors (Lipinski definition) is 2. The van der Waals surface area contributed by atoms with Crippen LogP contribution in [0, 0.1) is 0 Å². The molecule has 0 fully saturated rings. The van der Waals surface area contributed by atoms with Crippen LogP contribution >= 0.6 is 27.5 Å². The molecular formula is C15H15BrClNO.